The van der Waals surface area contributed by atoms with Gasteiger partial charge >= 0.3 is 0 Å². The van der Waals surface area contributed by atoms with Crippen LogP contribution in [0.2, 0.25) is 0 Å². The van der Waals surface area contributed by atoms with Gasteiger partial charge in [-0.1, -0.05) is 42.5 Å². The Balaban J connectivity index is 2.27. The Hall–Kier alpha value is -1.87. The van der Waals surface area contributed by atoms with Crippen molar-refractivity contribution < 1.29 is 4.79 Å². The van der Waals surface area contributed by atoms with Crippen LogP contribution in [0.15, 0.2) is 42.5 Å². The first kappa shape index (κ1) is 15.5. The van der Waals surface area contributed by atoms with E-state index in [9.17, 15) is 4.79 Å². The van der Waals surface area contributed by atoms with Gasteiger partial charge in [-0.25, -0.2) is 0 Å². The maximum absolute atomic E-state index is 12.5. The molecule has 2 aromatic rings. The number of nitrogens with two attached hydrogens (primary N) is 1. The molecule has 0 aromatic heterocycles. The lowest BCUT2D eigenvalue weighted by atomic mass is 9.94. The Kier molecular flexibility index (Phi) is 5.34. The molecule has 1 unspecified atom stereocenters. The lowest BCUT2D eigenvalue weighted by molar-refractivity contribution is -0.134. The van der Waals surface area contributed by atoms with Crippen molar-refractivity contribution in [1.82, 2.24) is 4.90 Å². The molecule has 0 aliphatic rings. The molecule has 3 nitrogen and oxygen atoms in total. The van der Waals surface area contributed by atoms with Gasteiger partial charge in [0.25, 0.3) is 0 Å². The minimum Gasteiger partial charge on any atom is -0.343 e. The van der Waals surface area contributed by atoms with Crippen molar-refractivity contribution in [1.29, 1.82) is 0 Å². The predicted octanol–water partition coefficient (Wildman–Crippen LogP) is 2.83. The summed E-state index contributed by atoms with van der Waals surface area (Å²) in [7, 11) is 0. The summed E-state index contributed by atoms with van der Waals surface area (Å²) in [4.78, 5) is 14.4. The first-order valence-electron chi connectivity index (χ1n) is 7.66. The van der Waals surface area contributed by atoms with Crippen LogP contribution in [-0.4, -0.2) is 30.4 Å². The first-order valence-corrected chi connectivity index (χ1v) is 7.66. The van der Waals surface area contributed by atoms with Crippen LogP contribution in [-0.2, 0) is 11.2 Å². The number of benzene rings is 2. The van der Waals surface area contributed by atoms with E-state index in [2.05, 4.69) is 24.3 Å². The second-order valence-electron chi connectivity index (χ2n) is 5.29. The molecule has 0 saturated carbocycles. The number of carbonyl (C=O) groups excluding carboxylic acids is 1. The number of rotatable bonds is 6. The van der Waals surface area contributed by atoms with Gasteiger partial charge in [-0.2, -0.15) is 0 Å². The van der Waals surface area contributed by atoms with Gasteiger partial charge in [0.1, 0.15) is 0 Å². The van der Waals surface area contributed by atoms with E-state index in [0.717, 1.165) is 13.1 Å². The van der Waals surface area contributed by atoms with Gasteiger partial charge in [-0.15, -0.1) is 0 Å². The summed E-state index contributed by atoms with van der Waals surface area (Å²) in [5, 5.41) is 2.42. The minimum absolute atomic E-state index is 0.143. The zero-order valence-electron chi connectivity index (χ0n) is 12.9. The average molecular weight is 284 g/mol. The molecule has 112 valence electrons. The topological polar surface area (TPSA) is 46.3 Å². The Bertz CT molecular complexity index is 600. The van der Waals surface area contributed by atoms with Gasteiger partial charge in [0, 0.05) is 19.6 Å². The fourth-order valence-electron chi connectivity index (χ4n) is 2.80. The number of fused-ring (bicyclic) bond motifs is 1. The Labute approximate surface area is 126 Å². The molecule has 1 atom stereocenters. The Morgan fingerprint density at radius 3 is 2.43 bits per heavy atom. The van der Waals surface area contributed by atoms with Gasteiger partial charge in [-0.05, 0) is 36.6 Å². The molecular weight excluding hydrogens is 260 g/mol. The summed E-state index contributed by atoms with van der Waals surface area (Å²) in [6, 6.07) is 14.5. The fraction of sp³-hybridized carbons (Fsp3) is 0.389. The smallest absolute Gasteiger partial charge is 0.227 e. The summed E-state index contributed by atoms with van der Waals surface area (Å²) in [5.41, 5.74) is 7.06. The van der Waals surface area contributed by atoms with Crippen LogP contribution in [0.25, 0.3) is 10.8 Å². The average Bonchev–Trinajstić information content (AvgIpc) is 2.53. The largest absolute Gasteiger partial charge is 0.343 e. The molecular formula is C18H24N2O. The van der Waals surface area contributed by atoms with E-state index < -0.39 is 0 Å². The van der Waals surface area contributed by atoms with E-state index in [1.165, 1.54) is 16.3 Å². The highest BCUT2D eigenvalue weighted by atomic mass is 16.2. The van der Waals surface area contributed by atoms with Gasteiger partial charge in [-0.3, -0.25) is 4.79 Å². The van der Waals surface area contributed by atoms with Crippen LogP contribution < -0.4 is 5.73 Å². The van der Waals surface area contributed by atoms with Crippen molar-refractivity contribution in [3.63, 3.8) is 0 Å². The number of hydrogen-bond acceptors (Lipinski definition) is 2. The Morgan fingerprint density at radius 2 is 1.76 bits per heavy atom. The van der Waals surface area contributed by atoms with Crippen molar-refractivity contribution in [2.45, 2.75) is 20.3 Å². The third-order valence-corrected chi connectivity index (χ3v) is 4.06. The molecule has 0 saturated heterocycles. The van der Waals surface area contributed by atoms with Crippen molar-refractivity contribution in [2.75, 3.05) is 19.6 Å². The molecule has 0 heterocycles. The van der Waals surface area contributed by atoms with Gasteiger partial charge in [0.15, 0.2) is 0 Å². The summed E-state index contributed by atoms with van der Waals surface area (Å²) < 4.78 is 0. The molecule has 0 bridgehead atoms. The van der Waals surface area contributed by atoms with Crippen LogP contribution >= 0.6 is 0 Å². The van der Waals surface area contributed by atoms with E-state index >= 15 is 0 Å². The van der Waals surface area contributed by atoms with Gasteiger partial charge in [0.2, 0.25) is 5.91 Å². The van der Waals surface area contributed by atoms with Crippen LogP contribution in [0, 0.1) is 5.92 Å². The third kappa shape index (κ3) is 3.42. The second-order valence-corrected chi connectivity index (χ2v) is 5.29. The SMILES string of the molecule is CCN(CC)C(=O)C(CN)Cc1cccc2ccccc12. The maximum atomic E-state index is 12.5. The Morgan fingerprint density at radius 1 is 1.10 bits per heavy atom. The molecule has 2 aromatic carbocycles. The van der Waals surface area contributed by atoms with Gasteiger partial charge < -0.3 is 10.6 Å². The number of carbonyl (C=O) groups is 1. The molecule has 1 amide bonds. The van der Waals surface area contributed by atoms with Crippen LogP contribution in [0.3, 0.4) is 0 Å². The molecule has 21 heavy (non-hydrogen) atoms. The lowest BCUT2D eigenvalue weighted by Crippen LogP contribution is -2.39. The van der Waals surface area contributed by atoms with E-state index in [1.807, 2.05) is 36.9 Å². The summed E-state index contributed by atoms with van der Waals surface area (Å²) in [6.45, 7) is 5.88. The molecule has 0 aliphatic carbocycles. The maximum Gasteiger partial charge on any atom is 0.227 e. The third-order valence-electron chi connectivity index (χ3n) is 4.06. The second kappa shape index (κ2) is 7.23. The molecule has 2 N–H and O–H groups in total. The molecule has 0 spiro atoms. The monoisotopic (exact) mass is 284 g/mol. The van der Waals surface area contributed by atoms with Gasteiger partial charge in [0.05, 0.1) is 5.92 Å². The quantitative estimate of drug-likeness (QED) is 0.886. The van der Waals surface area contributed by atoms with Crippen molar-refractivity contribution >= 4 is 16.7 Å². The number of hydrogen-bond donors (Lipinski definition) is 1. The predicted molar refractivity (Wildman–Crippen MR) is 88.1 cm³/mol. The highest BCUT2D eigenvalue weighted by Gasteiger charge is 2.22. The molecule has 3 heteroatoms. The van der Waals surface area contributed by atoms with Crippen LogP contribution in [0.5, 0.6) is 0 Å². The summed E-state index contributed by atoms with van der Waals surface area (Å²) in [5.74, 6) is 0.0196. The number of nitrogens with zero attached hydrogens (tertiary/aromatic N) is 1. The zero-order valence-corrected chi connectivity index (χ0v) is 12.9. The zero-order chi connectivity index (χ0) is 15.2. The molecule has 2 rings (SSSR count). The molecule has 0 radical (unpaired) electrons. The normalized spacial score (nSPS) is 12.3. The van der Waals surface area contributed by atoms with Crippen molar-refractivity contribution in [3.05, 3.63) is 48.0 Å². The van der Waals surface area contributed by atoms with E-state index in [-0.39, 0.29) is 11.8 Å². The lowest BCUT2D eigenvalue weighted by Gasteiger charge is -2.24. The first-order chi connectivity index (χ1) is 10.2. The standard InChI is InChI=1S/C18H24N2O/c1-3-20(4-2)18(21)16(13-19)12-15-10-7-9-14-8-5-6-11-17(14)15/h5-11,16H,3-4,12-13,19H2,1-2H3. The van der Waals surface area contributed by atoms with E-state index in [0.29, 0.717) is 13.0 Å². The molecule has 0 fully saturated rings. The molecule has 0 aliphatic heterocycles. The summed E-state index contributed by atoms with van der Waals surface area (Å²) >= 11 is 0. The highest BCUT2D eigenvalue weighted by molar-refractivity contribution is 5.87. The highest BCUT2D eigenvalue weighted by Crippen LogP contribution is 2.21. The van der Waals surface area contributed by atoms with E-state index in [4.69, 9.17) is 5.73 Å². The minimum atomic E-state index is -0.143. The fourth-order valence-corrected chi connectivity index (χ4v) is 2.80. The van der Waals surface area contributed by atoms with E-state index in [1.54, 1.807) is 0 Å². The van der Waals surface area contributed by atoms with Crippen molar-refractivity contribution in [2.24, 2.45) is 11.7 Å². The van der Waals surface area contributed by atoms with Crippen LogP contribution in [0.1, 0.15) is 19.4 Å². The van der Waals surface area contributed by atoms with Crippen LogP contribution in [0.4, 0.5) is 0 Å². The number of amides is 1. The van der Waals surface area contributed by atoms with Crippen molar-refractivity contribution in [3.8, 4) is 0 Å². The summed E-state index contributed by atoms with van der Waals surface area (Å²) in [6.07, 6.45) is 0.702.